The largest absolute Gasteiger partial charge is 0.480 e. The Balaban J connectivity index is 2.97. The lowest BCUT2D eigenvalue weighted by atomic mass is 10.2. The molecule has 5 nitrogen and oxygen atoms in total. The van der Waals surface area contributed by atoms with E-state index in [0.717, 1.165) is 0 Å². The average Bonchev–Trinajstić information content (AvgIpc) is 2.10. The van der Waals surface area contributed by atoms with E-state index in [2.05, 4.69) is 4.72 Å². The summed E-state index contributed by atoms with van der Waals surface area (Å²) < 4.78 is 24.8. The Morgan fingerprint density at radius 3 is 2.69 bits per heavy atom. The van der Waals surface area contributed by atoms with Crippen molar-refractivity contribution in [2.24, 2.45) is 0 Å². The van der Waals surface area contributed by atoms with Gasteiger partial charge in [0.1, 0.15) is 0 Å². The Labute approximate surface area is 98.1 Å². The van der Waals surface area contributed by atoms with E-state index < -0.39 is 21.7 Å². The van der Waals surface area contributed by atoms with Gasteiger partial charge in [-0.2, -0.15) is 0 Å². The quantitative estimate of drug-likeness (QED) is 0.862. The minimum Gasteiger partial charge on any atom is -0.480 e. The average molecular weight is 264 g/mol. The molecule has 0 aliphatic rings. The lowest BCUT2D eigenvalue weighted by Gasteiger charge is -2.09. The highest BCUT2D eigenvalue weighted by atomic mass is 35.5. The smallest absolute Gasteiger partial charge is 0.320 e. The normalized spacial score (nSPS) is 11.1. The first-order chi connectivity index (χ1) is 7.32. The summed E-state index contributed by atoms with van der Waals surface area (Å²) in [5, 5.41) is 8.82. The first-order valence-corrected chi connectivity index (χ1v) is 6.32. The number of aliphatic carboxylic acids is 1. The van der Waals surface area contributed by atoms with Gasteiger partial charge in [-0.05, 0) is 24.6 Å². The minimum absolute atomic E-state index is 0.286. The monoisotopic (exact) mass is 263 g/mol. The zero-order valence-corrected chi connectivity index (χ0v) is 9.97. The molecule has 7 heteroatoms. The number of benzene rings is 1. The summed E-state index contributed by atoms with van der Waals surface area (Å²) in [5.41, 5.74) is 0.840. The topological polar surface area (TPSA) is 83.5 Å². The van der Waals surface area contributed by atoms with Gasteiger partial charge in [0.2, 0.25) is 10.0 Å². The van der Waals surface area contributed by atoms with Crippen LogP contribution in [0.15, 0.2) is 18.2 Å². The third-order valence-electron chi connectivity index (χ3n) is 1.85. The van der Waals surface area contributed by atoms with Gasteiger partial charge in [0.15, 0.2) is 5.75 Å². The van der Waals surface area contributed by atoms with Crippen LogP contribution in [0.2, 0.25) is 5.02 Å². The third-order valence-corrected chi connectivity index (χ3v) is 3.41. The summed E-state index contributed by atoms with van der Waals surface area (Å²) in [6.07, 6.45) is 0. The second-order valence-corrected chi connectivity index (χ2v) is 5.30. The van der Waals surface area contributed by atoms with Crippen molar-refractivity contribution in [2.45, 2.75) is 6.92 Å². The molecule has 0 aliphatic carbocycles. The van der Waals surface area contributed by atoms with E-state index in [1.165, 1.54) is 6.07 Å². The molecule has 0 heterocycles. The zero-order chi connectivity index (χ0) is 12.3. The van der Waals surface area contributed by atoms with E-state index in [1.807, 2.05) is 0 Å². The van der Waals surface area contributed by atoms with Crippen LogP contribution in [-0.2, 0) is 14.8 Å². The number of anilines is 1. The van der Waals surface area contributed by atoms with Crippen molar-refractivity contribution < 1.29 is 18.3 Å². The molecule has 0 saturated carbocycles. The van der Waals surface area contributed by atoms with Gasteiger partial charge in [0.05, 0.1) is 5.69 Å². The van der Waals surface area contributed by atoms with E-state index >= 15 is 0 Å². The predicted octanol–water partition coefficient (Wildman–Crippen LogP) is 1.47. The molecule has 1 aromatic rings. The first kappa shape index (κ1) is 12.8. The van der Waals surface area contributed by atoms with Crippen LogP contribution >= 0.6 is 11.6 Å². The number of hydrogen-bond donors (Lipinski definition) is 2. The number of carboxylic acid groups (broad SMARTS) is 1. The van der Waals surface area contributed by atoms with E-state index in [9.17, 15) is 13.2 Å². The molecule has 0 spiro atoms. The van der Waals surface area contributed by atoms with Crippen molar-refractivity contribution in [3.05, 3.63) is 28.8 Å². The molecular formula is C9H10ClNO4S. The highest BCUT2D eigenvalue weighted by molar-refractivity contribution is 7.93. The summed E-state index contributed by atoms with van der Waals surface area (Å²) in [5.74, 6) is -2.38. The van der Waals surface area contributed by atoms with Crippen molar-refractivity contribution in [2.75, 3.05) is 10.5 Å². The van der Waals surface area contributed by atoms with Crippen LogP contribution in [0.1, 0.15) is 5.56 Å². The van der Waals surface area contributed by atoms with Gasteiger partial charge in [0, 0.05) is 5.02 Å². The molecule has 88 valence electrons. The number of sulfonamides is 1. The summed E-state index contributed by atoms with van der Waals surface area (Å²) in [6.45, 7) is 1.64. The van der Waals surface area contributed by atoms with Crippen molar-refractivity contribution in [3.63, 3.8) is 0 Å². The molecule has 0 radical (unpaired) electrons. The molecule has 0 amide bonds. The van der Waals surface area contributed by atoms with Crippen LogP contribution in [0.3, 0.4) is 0 Å². The van der Waals surface area contributed by atoms with Gasteiger partial charge >= 0.3 is 5.97 Å². The number of carboxylic acids is 1. The molecule has 0 fully saturated rings. The van der Waals surface area contributed by atoms with Crippen molar-refractivity contribution in [1.82, 2.24) is 0 Å². The summed E-state index contributed by atoms with van der Waals surface area (Å²) in [7, 11) is -3.88. The number of rotatable bonds is 4. The maximum Gasteiger partial charge on any atom is 0.320 e. The number of carbonyl (C=O) groups is 1. The molecule has 0 bridgehead atoms. The lowest BCUT2D eigenvalue weighted by Crippen LogP contribution is -2.22. The van der Waals surface area contributed by atoms with Crippen LogP contribution in [0.5, 0.6) is 0 Å². The Morgan fingerprint density at radius 2 is 2.12 bits per heavy atom. The van der Waals surface area contributed by atoms with E-state index in [1.54, 1.807) is 19.1 Å². The van der Waals surface area contributed by atoms with Crippen molar-refractivity contribution in [3.8, 4) is 0 Å². The fourth-order valence-corrected chi connectivity index (χ4v) is 2.21. The van der Waals surface area contributed by atoms with Crippen LogP contribution in [-0.4, -0.2) is 25.2 Å². The Morgan fingerprint density at radius 1 is 1.50 bits per heavy atom. The molecule has 1 aromatic carbocycles. The van der Waals surface area contributed by atoms with Crippen LogP contribution in [0.4, 0.5) is 5.69 Å². The molecule has 16 heavy (non-hydrogen) atoms. The van der Waals surface area contributed by atoms with E-state index in [4.69, 9.17) is 16.7 Å². The van der Waals surface area contributed by atoms with Crippen LogP contribution < -0.4 is 4.72 Å². The van der Waals surface area contributed by atoms with Gasteiger partial charge in [-0.25, -0.2) is 8.42 Å². The summed E-state index contributed by atoms with van der Waals surface area (Å²) in [4.78, 5) is 10.3. The maximum absolute atomic E-state index is 11.3. The summed E-state index contributed by atoms with van der Waals surface area (Å²) in [6, 6.07) is 4.71. The maximum atomic E-state index is 11.3. The van der Waals surface area contributed by atoms with Crippen molar-refractivity contribution in [1.29, 1.82) is 0 Å². The Kier molecular flexibility index (Phi) is 3.77. The predicted molar refractivity (Wildman–Crippen MR) is 61.2 cm³/mol. The molecule has 0 saturated heterocycles. The van der Waals surface area contributed by atoms with Gasteiger partial charge in [0.25, 0.3) is 0 Å². The minimum atomic E-state index is -3.88. The Bertz CT molecular complexity index is 512. The third kappa shape index (κ3) is 3.39. The first-order valence-electron chi connectivity index (χ1n) is 4.29. The summed E-state index contributed by atoms with van der Waals surface area (Å²) >= 11 is 5.80. The lowest BCUT2D eigenvalue weighted by molar-refractivity contribution is -0.134. The fraction of sp³-hybridized carbons (Fsp3) is 0.222. The van der Waals surface area contributed by atoms with Crippen LogP contribution in [0, 0.1) is 6.92 Å². The van der Waals surface area contributed by atoms with Gasteiger partial charge in [-0.1, -0.05) is 17.7 Å². The van der Waals surface area contributed by atoms with E-state index in [-0.39, 0.29) is 5.69 Å². The molecule has 1 rings (SSSR count). The van der Waals surface area contributed by atoms with E-state index in [0.29, 0.717) is 10.6 Å². The molecule has 0 aliphatic heterocycles. The SMILES string of the molecule is Cc1c(Cl)cccc1NS(=O)(=O)CC(=O)O. The van der Waals surface area contributed by atoms with Crippen LogP contribution in [0.25, 0.3) is 0 Å². The van der Waals surface area contributed by atoms with Gasteiger partial charge < -0.3 is 5.11 Å². The molecule has 0 atom stereocenters. The zero-order valence-electron chi connectivity index (χ0n) is 8.40. The molecule has 2 N–H and O–H groups in total. The number of nitrogens with one attached hydrogen (secondary N) is 1. The highest BCUT2D eigenvalue weighted by Crippen LogP contribution is 2.23. The Hall–Kier alpha value is -1.27. The number of hydrogen-bond acceptors (Lipinski definition) is 3. The molecule has 0 aromatic heterocycles. The second kappa shape index (κ2) is 4.71. The fourth-order valence-electron chi connectivity index (χ4n) is 1.08. The molecule has 0 unspecified atom stereocenters. The number of halogens is 1. The second-order valence-electron chi connectivity index (χ2n) is 3.17. The highest BCUT2D eigenvalue weighted by Gasteiger charge is 2.16. The van der Waals surface area contributed by atoms with Gasteiger partial charge in [-0.3, -0.25) is 9.52 Å². The van der Waals surface area contributed by atoms with Crippen molar-refractivity contribution >= 4 is 33.3 Å². The van der Waals surface area contributed by atoms with Gasteiger partial charge in [-0.15, -0.1) is 0 Å². The molecular weight excluding hydrogens is 254 g/mol. The standard InChI is InChI=1S/C9H10ClNO4S/c1-6-7(10)3-2-4-8(6)11-16(14,15)5-9(12)13/h2-4,11H,5H2,1H3,(H,12,13).